The van der Waals surface area contributed by atoms with Gasteiger partial charge in [0.1, 0.15) is 5.76 Å². The summed E-state index contributed by atoms with van der Waals surface area (Å²) in [4.78, 5) is 12.0. The molecule has 2 aromatic rings. The maximum atomic E-state index is 12.0. The molecule has 1 heterocycles. The number of hydrogen-bond acceptors (Lipinski definition) is 3. The van der Waals surface area contributed by atoms with Gasteiger partial charge in [-0.2, -0.15) is 0 Å². The highest BCUT2D eigenvalue weighted by molar-refractivity contribution is 5.85. The van der Waals surface area contributed by atoms with Crippen LogP contribution < -0.4 is 5.43 Å². The van der Waals surface area contributed by atoms with Gasteiger partial charge in [0.15, 0.2) is 11.3 Å². The van der Waals surface area contributed by atoms with Gasteiger partial charge in [0.05, 0.1) is 10.9 Å². The van der Waals surface area contributed by atoms with Crippen molar-refractivity contribution in [1.82, 2.24) is 0 Å². The zero-order valence-corrected chi connectivity index (χ0v) is 8.56. The van der Waals surface area contributed by atoms with E-state index in [1.807, 2.05) is 0 Å². The fraction of sp³-hybridized carbons (Fsp3) is 0. The first-order valence-electron chi connectivity index (χ1n) is 4.72. The molecular formula is C13H10O3. The van der Waals surface area contributed by atoms with Gasteiger partial charge < -0.3 is 9.52 Å². The van der Waals surface area contributed by atoms with E-state index >= 15 is 0 Å². The molecule has 0 saturated carbocycles. The highest BCUT2D eigenvalue weighted by Crippen LogP contribution is 2.25. The van der Waals surface area contributed by atoms with Crippen molar-refractivity contribution in [2.45, 2.75) is 0 Å². The number of phenolic OH excluding ortho intramolecular Hbond substituents is 1. The maximum absolute atomic E-state index is 12.0. The van der Waals surface area contributed by atoms with E-state index in [1.165, 1.54) is 18.2 Å². The number of para-hydroxylation sites is 1. The number of fused-ring (bicyclic) bond motifs is 1. The Balaban J connectivity index is 3.05. The van der Waals surface area contributed by atoms with Crippen molar-refractivity contribution in [3.05, 3.63) is 52.9 Å². The summed E-state index contributed by atoms with van der Waals surface area (Å²) in [5.74, 6) is 0.252. The van der Waals surface area contributed by atoms with Crippen molar-refractivity contribution >= 4 is 23.1 Å². The standard InChI is InChI=1S/C13H10O3/c1-3-8-11(4-2)16-13-9(12(8)15)6-5-7-10(13)14/h3-7,14H,1-2H2. The molecule has 0 aliphatic rings. The lowest BCUT2D eigenvalue weighted by atomic mass is 10.1. The fourth-order valence-electron chi connectivity index (χ4n) is 1.58. The molecule has 0 aliphatic carbocycles. The maximum Gasteiger partial charge on any atom is 0.200 e. The Hall–Kier alpha value is -2.29. The van der Waals surface area contributed by atoms with Gasteiger partial charge in [-0.15, -0.1) is 0 Å². The van der Waals surface area contributed by atoms with Crippen LogP contribution in [0, 0.1) is 0 Å². The van der Waals surface area contributed by atoms with Crippen LogP contribution in [-0.4, -0.2) is 5.11 Å². The second-order valence-corrected chi connectivity index (χ2v) is 3.27. The largest absolute Gasteiger partial charge is 0.504 e. The highest BCUT2D eigenvalue weighted by atomic mass is 16.4. The Bertz CT molecular complexity index is 635. The Morgan fingerprint density at radius 1 is 1.25 bits per heavy atom. The van der Waals surface area contributed by atoms with E-state index in [0.29, 0.717) is 16.7 Å². The van der Waals surface area contributed by atoms with Crippen molar-refractivity contribution in [2.75, 3.05) is 0 Å². The molecule has 80 valence electrons. The summed E-state index contributed by atoms with van der Waals surface area (Å²) in [7, 11) is 0. The lowest BCUT2D eigenvalue weighted by molar-refractivity contribution is 0.461. The highest BCUT2D eigenvalue weighted by Gasteiger charge is 2.11. The second-order valence-electron chi connectivity index (χ2n) is 3.27. The number of benzene rings is 1. The van der Waals surface area contributed by atoms with E-state index in [2.05, 4.69) is 13.2 Å². The smallest absolute Gasteiger partial charge is 0.200 e. The lowest BCUT2D eigenvalue weighted by Gasteiger charge is -2.04. The molecule has 0 radical (unpaired) electrons. The number of hydrogen-bond donors (Lipinski definition) is 1. The summed E-state index contributed by atoms with van der Waals surface area (Å²) in [6.45, 7) is 7.11. The molecule has 16 heavy (non-hydrogen) atoms. The summed E-state index contributed by atoms with van der Waals surface area (Å²) < 4.78 is 5.41. The van der Waals surface area contributed by atoms with E-state index in [4.69, 9.17) is 4.42 Å². The summed E-state index contributed by atoms with van der Waals surface area (Å²) in [6, 6.07) is 4.65. The summed E-state index contributed by atoms with van der Waals surface area (Å²) in [6.07, 6.45) is 2.84. The Morgan fingerprint density at radius 3 is 2.62 bits per heavy atom. The van der Waals surface area contributed by atoms with Crippen LogP contribution in [0.25, 0.3) is 23.1 Å². The summed E-state index contributed by atoms with van der Waals surface area (Å²) in [5.41, 5.74) is 0.308. The molecule has 0 atom stereocenters. The molecule has 0 saturated heterocycles. The zero-order valence-electron chi connectivity index (χ0n) is 8.56. The molecular weight excluding hydrogens is 204 g/mol. The van der Waals surface area contributed by atoms with Crippen molar-refractivity contribution in [3.63, 3.8) is 0 Å². The van der Waals surface area contributed by atoms with E-state index < -0.39 is 0 Å². The molecule has 0 amide bonds. The van der Waals surface area contributed by atoms with E-state index in [0.717, 1.165) is 0 Å². The molecule has 3 heteroatoms. The van der Waals surface area contributed by atoms with Gasteiger partial charge in [-0.25, -0.2) is 0 Å². The zero-order chi connectivity index (χ0) is 11.7. The quantitative estimate of drug-likeness (QED) is 0.836. The van der Waals surface area contributed by atoms with Gasteiger partial charge in [0.25, 0.3) is 0 Å². The van der Waals surface area contributed by atoms with Crippen LogP contribution in [0.5, 0.6) is 5.75 Å². The van der Waals surface area contributed by atoms with Crippen molar-refractivity contribution in [2.24, 2.45) is 0 Å². The van der Waals surface area contributed by atoms with Gasteiger partial charge in [-0.1, -0.05) is 25.3 Å². The minimum Gasteiger partial charge on any atom is -0.504 e. The van der Waals surface area contributed by atoms with Gasteiger partial charge >= 0.3 is 0 Å². The topological polar surface area (TPSA) is 50.4 Å². The molecule has 0 bridgehead atoms. The molecule has 0 fully saturated rings. The SMILES string of the molecule is C=Cc1oc2c(O)cccc2c(=O)c1C=C. The lowest BCUT2D eigenvalue weighted by Crippen LogP contribution is -2.07. The molecule has 1 aromatic heterocycles. The first-order chi connectivity index (χ1) is 7.69. The van der Waals surface area contributed by atoms with Crippen LogP contribution in [0.4, 0.5) is 0 Å². The predicted molar refractivity (Wildman–Crippen MR) is 64.3 cm³/mol. The minimum absolute atomic E-state index is 0.0617. The average molecular weight is 214 g/mol. The van der Waals surface area contributed by atoms with Gasteiger partial charge in [0.2, 0.25) is 5.43 Å². The van der Waals surface area contributed by atoms with E-state index in [1.54, 1.807) is 12.1 Å². The van der Waals surface area contributed by atoms with Crippen molar-refractivity contribution in [1.29, 1.82) is 0 Å². The van der Waals surface area contributed by atoms with Crippen LogP contribution >= 0.6 is 0 Å². The van der Waals surface area contributed by atoms with E-state index in [9.17, 15) is 9.90 Å². The van der Waals surface area contributed by atoms with Crippen LogP contribution in [-0.2, 0) is 0 Å². The van der Waals surface area contributed by atoms with Crippen LogP contribution in [0.2, 0.25) is 0 Å². The van der Waals surface area contributed by atoms with Gasteiger partial charge in [-0.05, 0) is 18.2 Å². The normalized spacial score (nSPS) is 10.2. The molecule has 0 aliphatic heterocycles. The summed E-state index contributed by atoms with van der Waals surface area (Å²) in [5, 5.41) is 9.92. The van der Waals surface area contributed by atoms with E-state index in [-0.39, 0.29) is 16.8 Å². The van der Waals surface area contributed by atoms with Gasteiger partial charge in [-0.3, -0.25) is 4.79 Å². The Labute approximate surface area is 92.0 Å². The molecule has 1 N–H and O–H groups in total. The number of aromatic hydroxyl groups is 1. The molecule has 0 spiro atoms. The monoisotopic (exact) mass is 214 g/mol. The van der Waals surface area contributed by atoms with Crippen LogP contribution in [0.15, 0.2) is 40.6 Å². The van der Waals surface area contributed by atoms with Gasteiger partial charge in [0, 0.05) is 0 Å². The Kier molecular flexibility index (Phi) is 2.37. The summed E-state index contributed by atoms with van der Waals surface area (Å²) >= 11 is 0. The molecule has 0 unspecified atom stereocenters. The molecule has 2 rings (SSSR count). The van der Waals surface area contributed by atoms with Crippen molar-refractivity contribution < 1.29 is 9.52 Å². The number of rotatable bonds is 2. The number of phenols is 1. The first-order valence-corrected chi connectivity index (χ1v) is 4.72. The third kappa shape index (κ3) is 1.34. The van der Waals surface area contributed by atoms with Crippen LogP contribution in [0.1, 0.15) is 11.3 Å². The molecule has 1 aromatic carbocycles. The molecule has 3 nitrogen and oxygen atoms in total. The Morgan fingerprint density at radius 2 is 2.00 bits per heavy atom. The predicted octanol–water partition coefficient (Wildman–Crippen LogP) is 2.78. The van der Waals surface area contributed by atoms with Crippen LogP contribution in [0.3, 0.4) is 0 Å². The second kappa shape index (κ2) is 3.70. The van der Waals surface area contributed by atoms with Crippen molar-refractivity contribution in [3.8, 4) is 5.75 Å². The minimum atomic E-state index is -0.220. The average Bonchev–Trinajstić information content (AvgIpc) is 2.30. The third-order valence-corrected chi connectivity index (χ3v) is 2.35. The third-order valence-electron chi connectivity index (χ3n) is 2.35. The fourth-order valence-corrected chi connectivity index (χ4v) is 1.58. The first kappa shape index (κ1) is 10.2.